The third-order valence-electron chi connectivity index (χ3n) is 7.85. The van der Waals surface area contributed by atoms with Gasteiger partial charge in [0.15, 0.2) is 0 Å². The van der Waals surface area contributed by atoms with E-state index in [0.29, 0.717) is 0 Å². The zero-order chi connectivity index (χ0) is 25.8. The molecule has 0 aliphatic heterocycles. The minimum Gasteiger partial charge on any atom is -0.455 e. The van der Waals surface area contributed by atoms with Gasteiger partial charge in [0.25, 0.3) is 0 Å². The largest absolute Gasteiger partial charge is 0.455 e. The Hall–Kier alpha value is -5.14. The summed E-state index contributed by atoms with van der Waals surface area (Å²) >= 11 is 0. The maximum Gasteiger partial charge on any atom is 0.143 e. The molecule has 0 atom stereocenters. The second-order valence-electron chi connectivity index (χ2n) is 10.1. The van der Waals surface area contributed by atoms with Crippen molar-refractivity contribution in [2.24, 2.45) is 0 Å². The molecule has 8 rings (SSSR count). The van der Waals surface area contributed by atoms with Gasteiger partial charge in [-0.25, -0.2) is 0 Å². The normalized spacial score (nSPS) is 11.6. The van der Waals surface area contributed by atoms with Crippen molar-refractivity contribution in [3.63, 3.8) is 0 Å². The highest BCUT2D eigenvalue weighted by Crippen LogP contribution is 2.47. The maximum atomic E-state index is 6.64. The number of para-hydroxylation sites is 1. The highest BCUT2D eigenvalue weighted by molar-refractivity contribution is 6.24. The minimum absolute atomic E-state index is 0.911. The lowest BCUT2D eigenvalue weighted by Crippen LogP contribution is -1.91. The third kappa shape index (κ3) is 3.41. The first-order valence-electron chi connectivity index (χ1n) is 13.4. The van der Waals surface area contributed by atoms with E-state index in [2.05, 4.69) is 140 Å². The zero-order valence-electron chi connectivity index (χ0n) is 21.3. The summed E-state index contributed by atoms with van der Waals surface area (Å²) in [5.41, 5.74) is 9.05. The monoisotopic (exact) mass is 496 g/mol. The van der Waals surface area contributed by atoms with Gasteiger partial charge in [0.2, 0.25) is 0 Å². The molecule has 39 heavy (non-hydrogen) atoms. The lowest BCUT2D eigenvalue weighted by atomic mass is 9.85. The van der Waals surface area contributed by atoms with Crippen LogP contribution in [0.25, 0.3) is 76.9 Å². The molecular weight excluding hydrogens is 472 g/mol. The minimum atomic E-state index is 0.911. The summed E-state index contributed by atoms with van der Waals surface area (Å²) in [6.07, 6.45) is 0. The molecule has 1 heteroatoms. The third-order valence-corrected chi connectivity index (χ3v) is 7.85. The molecule has 0 aliphatic rings. The summed E-state index contributed by atoms with van der Waals surface area (Å²) in [4.78, 5) is 0. The van der Waals surface area contributed by atoms with Gasteiger partial charge in [-0.1, -0.05) is 127 Å². The van der Waals surface area contributed by atoms with E-state index in [1.54, 1.807) is 0 Å². The van der Waals surface area contributed by atoms with Gasteiger partial charge in [0, 0.05) is 21.9 Å². The van der Waals surface area contributed by atoms with Gasteiger partial charge < -0.3 is 4.42 Å². The van der Waals surface area contributed by atoms with Crippen LogP contribution < -0.4 is 0 Å². The molecule has 0 saturated carbocycles. The van der Waals surface area contributed by atoms with Gasteiger partial charge in [-0.15, -0.1) is 0 Å². The number of benzene rings is 7. The number of rotatable bonds is 3. The average Bonchev–Trinajstić information content (AvgIpc) is 3.39. The van der Waals surface area contributed by atoms with Gasteiger partial charge in [-0.05, 0) is 62.0 Å². The molecule has 0 aliphatic carbocycles. The Kier molecular flexibility index (Phi) is 4.89. The van der Waals surface area contributed by atoms with Gasteiger partial charge >= 0.3 is 0 Å². The topological polar surface area (TPSA) is 13.1 Å². The van der Waals surface area contributed by atoms with Crippen LogP contribution in [0.3, 0.4) is 0 Å². The first-order chi connectivity index (χ1) is 19.4. The Morgan fingerprint density at radius 2 is 0.821 bits per heavy atom. The lowest BCUT2D eigenvalue weighted by molar-refractivity contribution is 0.670. The summed E-state index contributed by atoms with van der Waals surface area (Å²) < 4.78 is 6.64. The van der Waals surface area contributed by atoms with Crippen molar-refractivity contribution in [2.75, 3.05) is 0 Å². The van der Waals surface area contributed by atoms with Crippen LogP contribution in [0, 0.1) is 0 Å². The molecule has 0 fully saturated rings. The van der Waals surface area contributed by atoms with Crippen LogP contribution in [0.15, 0.2) is 150 Å². The highest BCUT2D eigenvalue weighted by Gasteiger charge is 2.21. The van der Waals surface area contributed by atoms with E-state index in [-0.39, 0.29) is 0 Å². The van der Waals surface area contributed by atoms with E-state index in [0.717, 1.165) is 27.5 Å². The van der Waals surface area contributed by atoms with Crippen LogP contribution in [0.2, 0.25) is 0 Å². The first kappa shape index (κ1) is 21.9. The number of hydrogen-bond donors (Lipinski definition) is 0. The fourth-order valence-corrected chi connectivity index (χ4v) is 6.14. The SMILES string of the molecule is c1ccc(-c2cc(-c3c4ccccc4c(-c4ccccc4)c4ccccc34)c3oc4ccccc4c3c2)cc1. The molecular formula is C38H24O. The van der Waals surface area contributed by atoms with E-state index < -0.39 is 0 Å². The molecule has 1 aromatic heterocycles. The van der Waals surface area contributed by atoms with E-state index in [1.807, 2.05) is 6.07 Å². The van der Waals surface area contributed by atoms with Crippen LogP contribution in [0.5, 0.6) is 0 Å². The van der Waals surface area contributed by atoms with Gasteiger partial charge in [0.1, 0.15) is 11.2 Å². The molecule has 0 saturated heterocycles. The molecule has 8 aromatic rings. The van der Waals surface area contributed by atoms with Gasteiger partial charge in [-0.2, -0.15) is 0 Å². The van der Waals surface area contributed by atoms with Crippen LogP contribution in [-0.4, -0.2) is 0 Å². The van der Waals surface area contributed by atoms with Crippen molar-refractivity contribution < 1.29 is 4.42 Å². The van der Waals surface area contributed by atoms with E-state index in [1.165, 1.54) is 49.4 Å². The standard InChI is InChI=1S/C38H24O/c1-3-13-25(14-4-1)27-23-33-28-17-11-12-22-35(28)39-38(33)34(24-27)37-31-20-9-7-18-29(31)36(26-15-5-2-6-16-26)30-19-8-10-21-32(30)37/h1-24H. The highest BCUT2D eigenvalue weighted by atomic mass is 16.3. The Morgan fingerprint density at radius 3 is 1.44 bits per heavy atom. The summed E-state index contributed by atoms with van der Waals surface area (Å²) in [5, 5.41) is 7.21. The Morgan fingerprint density at radius 1 is 0.333 bits per heavy atom. The van der Waals surface area contributed by atoms with Crippen LogP contribution in [0.4, 0.5) is 0 Å². The molecule has 0 N–H and O–H groups in total. The van der Waals surface area contributed by atoms with Crippen molar-refractivity contribution in [2.45, 2.75) is 0 Å². The van der Waals surface area contributed by atoms with Crippen LogP contribution in [-0.2, 0) is 0 Å². The lowest BCUT2D eigenvalue weighted by Gasteiger charge is -2.18. The Balaban J connectivity index is 1.58. The predicted octanol–water partition coefficient (Wildman–Crippen LogP) is 10.9. The molecule has 182 valence electrons. The van der Waals surface area contributed by atoms with Gasteiger partial charge in [-0.3, -0.25) is 0 Å². The van der Waals surface area contributed by atoms with E-state index in [9.17, 15) is 0 Å². The fourth-order valence-electron chi connectivity index (χ4n) is 6.14. The zero-order valence-corrected chi connectivity index (χ0v) is 21.3. The van der Waals surface area contributed by atoms with Crippen molar-refractivity contribution in [1.29, 1.82) is 0 Å². The fraction of sp³-hybridized carbons (Fsp3) is 0. The van der Waals surface area contributed by atoms with Crippen molar-refractivity contribution in [3.8, 4) is 33.4 Å². The summed E-state index contributed by atoms with van der Waals surface area (Å²) in [6, 6.07) is 51.9. The number of furan rings is 1. The van der Waals surface area contributed by atoms with Crippen LogP contribution in [0.1, 0.15) is 0 Å². The van der Waals surface area contributed by atoms with E-state index >= 15 is 0 Å². The first-order valence-corrected chi connectivity index (χ1v) is 13.4. The Labute approximate surface area is 226 Å². The second-order valence-corrected chi connectivity index (χ2v) is 10.1. The smallest absolute Gasteiger partial charge is 0.143 e. The molecule has 0 spiro atoms. The number of hydrogen-bond acceptors (Lipinski definition) is 1. The summed E-state index contributed by atoms with van der Waals surface area (Å²) in [5.74, 6) is 0. The van der Waals surface area contributed by atoms with Crippen molar-refractivity contribution >= 4 is 43.5 Å². The average molecular weight is 497 g/mol. The predicted molar refractivity (Wildman–Crippen MR) is 165 cm³/mol. The second kappa shape index (κ2) is 8.72. The van der Waals surface area contributed by atoms with E-state index in [4.69, 9.17) is 4.42 Å². The molecule has 0 amide bonds. The summed E-state index contributed by atoms with van der Waals surface area (Å²) in [6.45, 7) is 0. The number of fused-ring (bicyclic) bond motifs is 5. The molecule has 0 unspecified atom stereocenters. The van der Waals surface area contributed by atoms with Crippen molar-refractivity contribution in [1.82, 2.24) is 0 Å². The summed E-state index contributed by atoms with van der Waals surface area (Å²) in [7, 11) is 0. The van der Waals surface area contributed by atoms with Gasteiger partial charge in [0.05, 0.1) is 0 Å². The maximum absolute atomic E-state index is 6.64. The molecule has 0 radical (unpaired) electrons. The van der Waals surface area contributed by atoms with Crippen LogP contribution >= 0.6 is 0 Å². The Bertz CT molecular complexity index is 2090. The quantitative estimate of drug-likeness (QED) is 0.222. The molecule has 1 nitrogen and oxygen atoms in total. The van der Waals surface area contributed by atoms with Crippen molar-refractivity contribution in [3.05, 3.63) is 146 Å². The molecule has 7 aromatic carbocycles. The molecule has 1 heterocycles. The molecule has 0 bridgehead atoms.